The van der Waals surface area contributed by atoms with Crippen molar-refractivity contribution in [3.05, 3.63) is 35.5 Å². The third kappa shape index (κ3) is 1.93. The van der Waals surface area contributed by atoms with Gasteiger partial charge in [0, 0.05) is 24.1 Å². The van der Waals surface area contributed by atoms with Crippen molar-refractivity contribution in [2.75, 3.05) is 0 Å². The summed E-state index contributed by atoms with van der Waals surface area (Å²) in [5.41, 5.74) is 3.26. The van der Waals surface area contributed by atoms with Crippen molar-refractivity contribution in [3.63, 3.8) is 0 Å². The number of hydrogen-bond acceptors (Lipinski definition) is 1. The molecule has 1 unspecified atom stereocenters. The Bertz CT molecular complexity index is 569. The topological polar surface area (TPSA) is 42.2 Å². The highest BCUT2D eigenvalue weighted by atomic mass is 16.4. The van der Waals surface area contributed by atoms with E-state index in [-0.39, 0.29) is 0 Å². The minimum Gasteiger partial charge on any atom is -0.481 e. The molecule has 1 N–H and O–H groups in total. The van der Waals surface area contributed by atoms with E-state index in [1.807, 2.05) is 23.9 Å². The average Bonchev–Trinajstić information content (AvgIpc) is 2.65. The summed E-state index contributed by atoms with van der Waals surface area (Å²) in [6.45, 7) is 3.84. The van der Waals surface area contributed by atoms with Gasteiger partial charge in [-0.05, 0) is 30.5 Å². The van der Waals surface area contributed by atoms with Crippen LogP contribution in [0.2, 0.25) is 0 Å². The summed E-state index contributed by atoms with van der Waals surface area (Å²) in [7, 11) is 1.96. The molecule has 3 nitrogen and oxygen atoms in total. The molecular weight excluding hydrogens is 214 g/mol. The monoisotopic (exact) mass is 231 g/mol. The average molecular weight is 231 g/mol. The van der Waals surface area contributed by atoms with Crippen LogP contribution < -0.4 is 0 Å². The highest BCUT2D eigenvalue weighted by Crippen LogP contribution is 2.28. The first-order valence-electron chi connectivity index (χ1n) is 5.85. The Morgan fingerprint density at radius 3 is 2.76 bits per heavy atom. The van der Waals surface area contributed by atoms with Gasteiger partial charge >= 0.3 is 5.97 Å². The zero-order valence-electron chi connectivity index (χ0n) is 10.4. The molecule has 17 heavy (non-hydrogen) atoms. The van der Waals surface area contributed by atoms with E-state index in [9.17, 15) is 4.79 Å². The van der Waals surface area contributed by atoms with E-state index < -0.39 is 11.9 Å². The summed E-state index contributed by atoms with van der Waals surface area (Å²) in [4.78, 5) is 11.1. The molecule has 1 heterocycles. The number of nitrogens with zero attached hydrogens (tertiary/aromatic N) is 1. The summed E-state index contributed by atoms with van der Waals surface area (Å²) in [6, 6.07) is 6.23. The van der Waals surface area contributed by atoms with Crippen molar-refractivity contribution in [2.24, 2.45) is 7.05 Å². The first-order valence-corrected chi connectivity index (χ1v) is 5.85. The van der Waals surface area contributed by atoms with Gasteiger partial charge in [-0.3, -0.25) is 4.79 Å². The number of benzene rings is 1. The molecule has 0 bridgehead atoms. The first kappa shape index (κ1) is 11.7. The molecule has 90 valence electrons. The van der Waals surface area contributed by atoms with Crippen LogP contribution in [0.15, 0.2) is 24.4 Å². The molecule has 2 rings (SSSR count). The number of carboxylic acids is 1. The minimum absolute atomic E-state index is 0.467. The maximum atomic E-state index is 11.1. The molecule has 1 aromatic heterocycles. The fourth-order valence-electron chi connectivity index (χ4n) is 2.16. The van der Waals surface area contributed by atoms with Gasteiger partial charge in [0.1, 0.15) is 0 Å². The van der Waals surface area contributed by atoms with E-state index in [1.54, 1.807) is 6.92 Å². The number of aromatic nitrogens is 1. The number of aliphatic carboxylic acids is 1. The molecule has 0 saturated heterocycles. The normalized spacial score (nSPS) is 12.9. The lowest BCUT2D eigenvalue weighted by atomic mass is 10.00. The van der Waals surface area contributed by atoms with Crippen molar-refractivity contribution >= 4 is 16.9 Å². The van der Waals surface area contributed by atoms with Gasteiger partial charge in [-0.2, -0.15) is 0 Å². The molecular formula is C14H17NO2. The molecule has 0 radical (unpaired) electrons. The van der Waals surface area contributed by atoms with Crippen molar-refractivity contribution in [1.29, 1.82) is 0 Å². The van der Waals surface area contributed by atoms with Crippen LogP contribution in [-0.4, -0.2) is 15.6 Å². The number of carbonyl (C=O) groups is 1. The highest BCUT2D eigenvalue weighted by Gasteiger charge is 2.18. The first-order chi connectivity index (χ1) is 8.04. The van der Waals surface area contributed by atoms with E-state index >= 15 is 0 Å². The molecule has 1 atom stereocenters. The van der Waals surface area contributed by atoms with E-state index in [0.717, 1.165) is 22.9 Å². The Kier molecular flexibility index (Phi) is 2.92. The third-order valence-corrected chi connectivity index (χ3v) is 3.33. The summed E-state index contributed by atoms with van der Waals surface area (Å²) in [5.74, 6) is -1.25. The highest BCUT2D eigenvalue weighted by molar-refractivity contribution is 5.90. The predicted octanol–water partition coefficient (Wildman–Crippen LogP) is 2.93. The van der Waals surface area contributed by atoms with Crippen LogP contribution in [0.5, 0.6) is 0 Å². The Balaban J connectivity index is 2.63. The molecule has 1 aromatic carbocycles. The minimum atomic E-state index is -0.780. The maximum absolute atomic E-state index is 11.1. The lowest BCUT2D eigenvalue weighted by Crippen LogP contribution is -2.06. The second kappa shape index (κ2) is 4.24. The Morgan fingerprint density at radius 1 is 1.47 bits per heavy atom. The molecule has 0 aliphatic carbocycles. The summed E-state index contributed by atoms with van der Waals surface area (Å²) >= 11 is 0. The van der Waals surface area contributed by atoms with Crippen LogP contribution in [0.3, 0.4) is 0 Å². The van der Waals surface area contributed by atoms with E-state index in [0.29, 0.717) is 0 Å². The number of hydrogen-bond donors (Lipinski definition) is 1. The van der Waals surface area contributed by atoms with Crippen molar-refractivity contribution < 1.29 is 9.90 Å². The van der Waals surface area contributed by atoms with Crippen LogP contribution in [0.4, 0.5) is 0 Å². The molecule has 2 aromatic rings. The van der Waals surface area contributed by atoms with Gasteiger partial charge in [0.05, 0.1) is 5.92 Å². The lowest BCUT2D eigenvalue weighted by molar-refractivity contribution is -0.138. The van der Waals surface area contributed by atoms with E-state index in [1.165, 1.54) is 5.56 Å². The Labute approximate surface area is 101 Å². The van der Waals surface area contributed by atoms with Crippen LogP contribution in [-0.2, 0) is 18.3 Å². The SMILES string of the molecule is CCc1ccc2c(C(C)C(=O)O)cn(C)c2c1. The van der Waals surface area contributed by atoms with Crippen molar-refractivity contribution in [3.8, 4) is 0 Å². The fraction of sp³-hybridized carbons (Fsp3) is 0.357. The Hall–Kier alpha value is -1.77. The Morgan fingerprint density at radius 2 is 2.18 bits per heavy atom. The van der Waals surface area contributed by atoms with E-state index in [4.69, 9.17) is 5.11 Å². The van der Waals surface area contributed by atoms with Crippen LogP contribution >= 0.6 is 0 Å². The van der Waals surface area contributed by atoms with Crippen molar-refractivity contribution in [2.45, 2.75) is 26.2 Å². The van der Waals surface area contributed by atoms with Crippen molar-refractivity contribution in [1.82, 2.24) is 4.57 Å². The zero-order chi connectivity index (χ0) is 12.6. The maximum Gasteiger partial charge on any atom is 0.310 e. The van der Waals surface area contributed by atoms with Crippen LogP contribution in [0.25, 0.3) is 10.9 Å². The van der Waals surface area contributed by atoms with Crippen LogP contribution in [0, 0.1) is 0 Å². The van der Waals surface area contributed by atoms with Gasteiger partial charge in [0.2, 0.25) is 0 Å². The summed E-state index contributed by atoms with van der Waals surface area (Å²) in [5, 5.41) is 10.1. The number of rotatable bonds is 3. The number of carboxylic acid groups (broad SMARTS) is 1. The fourth-order valence-corrected chi connectivity index (χ4v) is 2.16. The third-order valence-electron chi connectivity index (χ3n) is 3.33. The zero-order valence-corrected chi connectivity index (χ0v) is 10.4. The molecule has 0 aliphatic heterocycles. The smallest absolute Gasteiger partial charge is 0.310 e. The quantitative estimate of drug-likeness (QED) is 0.882. The van der Waals surface area contributed by atoms with Gasteiger partial charge in [0.25, 0.3) is 0 Å². The summed E-state index contributed by atoms with van der Waals surface area (Å²) in [6.07, 6.45) is 2.91. The number of aryl methyl sites for hydroxylation is 2. The van der Waals surface area contributed by atoms with Crippen LogP contribution in [0.1, 0.15) is 30.9 Å². The lowest BCUT2D eigenvalue weighted by Gasteiger charge is -2.04. The van der Waals surface area contributed by atoms with Gasteiger partial charge < -0.3 is 9.67 Å². The van der Waals surface area contributed by atoms with Gasteiger partial charge in [-0.25, -0.2) is 0 Å². The predicted molar refractivity (Wildman–Crippen MR) is 68.3 cm³/mol. The second-order valence-electron chi connectivity index (χ2n) is 4.46. The molecule has 0 spiro atoms. The molecule has 0 fully saturated rings. The van der Waals surface area contributed by atoms with E-state index in [2.05, 4.69) is 19.1 Å². The van der Waals surface area contributed by atoms with Gasteiger partial charge in [-0.15, -0.1) is 0 Å². The molecule has 0 aliphatic rings. The van der Waals surface area contributed by atoms with Gasteiger partial charge in [-0.1, -0.05) is 19.1 Å². The number of fused-ring (bicyclic) bond motifs is 1. The summed E-state index contributed by atoms with van der Waals surface area (Å²) < 4.78 is 2.00. The molecule has 3 heteroatoms. The molecule has 0 amide bonds. The standard InChI is InChI=1S/C14H17NO2/c1-4-10-5-6-11-12(9(2)14(16)17)8-15(3)13(11)7-10/h5-9H,4H2,1-3H3,(H,16,17). The largest absolute Gasteiger partial charge is 0.481 e. The van der Waals surface area contributed by atoms with Gasteiger partial charge in [0.15, 0.2) is 0 Å². The second-order valence-corrected chi connectivity index (χ2v) is 4.46. The molecule has 0 saturated carbocycles.